The number of aromatic nitrogens is 2. The van der Waals surface area contributed by atoms with E-state index >= 15 is 0 Å². The van der Waals surface area contributed by atoms with Crippen LogP contribution in [0.25, 0.3) is 33.4 Å². The molecule has 33 heteroatoms. The number of benzene rings is 3. The Hall–Kier alpha value is -5.09. The molecule has 6 rings (SSSR count). The number of nitrogens with one attached hydrogen (secondary N) is 2. The largest absolute Gasteiger partial charge is 0.545 e. The van der Waals surface area contributed by atoms with Crippen LogP contribution < -0.4 is 36.5 Å². The van der Waals surface area contributed by atoms with Crippen LogP contribution in [0.4, 0.5) is 5.69 Å². The number of ether oxygens (including phenoxy) is 2. The molecule has 9 N–H and O–H groups in total. The molecule has 1 amide bonds. The van der Waals surface area contributed by atoms with Gasteiger partial charge in [0.15, 0.2) is 6.23 Å². The number of aliphatic hydroxyl groups excluding tert-OH is 2. The predicted molar refractivity (Wildman–Crippen MR) is 250 cm³/mol. The third-order valence-corrected chi connectivity index (χ3v) is 15.3. The first kappa shape index (κ1) is 57.2. The van der Waals surface area contributed by atoms with E-state index in [2.05, 4.69) is 18.5 Å². The Balaban J connectivity index is 1.05. The average molecular weight is 1110 g/mol. The molecule has 3 aliphatic rings. The minimum Gasteiger partial charge on any atom is -0.545 e. The Kier molecular flexibility index (Phi) is 18.2. The summed E-state index contributed by atoms with van der Waals surface area (Å²) in [4.78, 5) is 101. The second-order valence-electron chi connectivity index (χ2n) is 16.3. The van der Waals surface area contributed by atoms with E-state index in [1.807, 2.05) is 66.9 Å². The fraction of sp³-hybridized carbons (Fsp3) is 0.375. The summed E-state index contributed by atoms with van der Waals surface area (Å²) in [6, 6.07) is 15.8. The van der Waals surface area contributed by atoms with Crippen LogP contribution in [0, 0.1) is 0 Å². The highest BCUT2D eigenvalue weighted by Crippen LogP contribution is 2.66. The fourth-order valence-corrected chi connectivity index (χ4v) is 11.2. The van der Waals surface area contributed by atoms with E-state index in [0.717, 1.165) is 23.3 Å². The van der Waals surface area contributed by atoms with Gasteiger partial charge in [0.05, 0.1) is 31.9 Å². The number of phosphoric acid groups is 4. The van der Waals surface area contributed by atoms with Gasteiger partial charge in [-0.05, 0) is 42.3 Å². The molecule has 3 aromatic rings. The normalized spacial score (nSPS) is 20.0. The van der Waals surface area contributed by atoms with Crippen LogP contribution in [0.15, 0.2) is 80.9 Å². The van der Waals surface area contributed by atoms with Gasteiger partial charge in [-0.15, -0.1) is 0 Å². The number of aliphatic hydroxyl groups is 2. The molecule has 398 valence electrons. The molecule has 0 bridgehead atoms. The molecular weight excluding hydrogens is 1060 g/mol. The molecule has 2 aromatic carbocycles. The standard InChI is InChI=1S/C40H49N5O24P4/c1-43(2)23-7-10-27-30(17-23)65-31-18-24(44(3)4)8-11-28(31)34(27)29-16-22(6-9-26(29)39(50)51)37(49)41-13-5-15-62-19-25(46)20-63-71(56,57)67-36-35(48)32(66-38(36)45-14-12-33(47)42-40(45)52)21-64-72(58,59)69-73(60,61)68-70(53,54)55/h6-12,14,16-18,25,32,35-36,38,46,48H,5,13,15,19-21H2,1-4H3,(H7-,41,42,47,49,50,51,52,53,54,55,56,57,58,59,60,61)/t25?,32-,35+,36?,38-/m1/s1. The lowest BCUT2D eigenvalue weighted by molar-refractivity contribution is -0.255. The quantitative estimate of drug-likeness (QED) is 0.0177. The molecule has 5 unspecified atom stereocenters. The maximum atomic E-state index is 13.5. The number of phosphoric ester groups is 2. The summed E-state index contributed by atoms with van der Waals surface area (Å²) in [5, 5.41) is 38.1. The number of fused-ring (bicyclic) bond motifs is 2. The van der Waals surface area contributed by atoms with Gasteiger partial charge in [-0.3, -0.25) is 32.7 Å². The van der Waals surface area contributed by atoms with Crippen LogP contribution >= 0.6 is 31.3 Å². The Labute approximate surface area is 411 Å². The zero-order chi connectivity index (χ0) is 53.8. The monoisotopic (exact) mass is 1110 g/mol. The van der Waals surface area contributed by atoms with Crippen molar-refractivity contribution in [1.82, 2.24) is 19.4 Å². The SMILES string of the molecule is CN(C)c1ccc2c(-c3cc(C(=O)NCCCOCC(O)COP(=O)(O)OC4[C@@H](O)[C@@H](COP(=O)(O)OP(=O)(O)OP(=O)(O)O)O[C@H]4n4ccc(=O)[nH]c4=O)ccc3C(=O)[O-])c3ccc(=[N+](C)C)cc-3oc2c1. The lowest BCUT2D eigenvalue weighted by Crippen LogP contribution is -2.39. The Morgan fingerprint density at radius 3 is 2.29 bits per heavy atom. The Bertz CT molecular complexity index is 3220. The number of carbonyl (C=O) groups excluding carboxylic acids is 2. The van der Waals surface area contributed by atoms with Crippen molar-refractivity contribution in [2.75, 3.05) is 66.1 Å². The number of amides is 1. The maximum absolute atomic E-state index is 13.5. The number of nitrogens with zero attached hydrogens (tertiary/aromatic N) is 3. The molecule has 0 radical (unpaired) electrons. The minimum atomic E-state index is -5.96. The van der Waals surface area contributed by atoms with Gasteiger partial charge in [-0.2, -0.15) is 8.62 Å². The molecular formula is C40H49N5O24P4. The van der Waals surface area contributed by atoms with Crippen molar-refractivity contribution < 1.29 is 104 Å². The average Bonchev–Trinajstić information content (AvgIpc) is 3.58. The number of carbonyl (C=O) groups is 2. The lowest BCUT2D eigenvalue weighted by atomic mass is 9.89. The molecule has 29 nitrogen and oxygen atoms in total. The molecule has 3 heterocycles. The molecule has 8 atom stereocenters. The van der Waals surface area contributed by atoms with Crippen molar-refractivity contribution in [3.63, 3.8) is 0 Å². The van der Waals surface area contributed by atoms with Crippen LogP contribution in [0.1, 0.15) is 33.4 Å². The summed E-state index contributed by atoms with van der Waals surface area (Å²) >= 11 is 0. The topological polar surface area (TPSA) is 418 Å². The first-order valence-electron chi connectivity index (χ1n) is 21.2. The summed E-state index contributed by atoms with van der Waals surface area (Å²) in [5.74, 6) is -1.57. The predicted octanol–water partition coefficient (Wildman–Crippen LogP) is -0.183. The van der Waals surface area contributed by atoms with Crippen molar-refractivity contribution >= 4 is 59.8 Å². The number of hydrogen-bond acceptors (Lipinski definition) is 20. The van der Waals surface area contributed by atoms with Crippen molar-refractivity contribution in [2.45, 2.75) is 37.1 Å². The van der Waals surface area contributed by atoms with E-state index in [9.17, 15) is 67.4 Å². The fourth-order valence-electron chi connectivity index (χ4n) is 7.19. The maximum Gasteiger partial charge on any atom is 0.490 e. The second kappa shape index (κ2) is 23.2. The highest BCUT2D eigenvalue weighted by molar-refractivity contribution is 7.66. The van der Waals surface area contributed by atoms with Gasteiger partial charge >= 0.3 is 37.0 Å². The molecule has 1 aliphatic carbocycles. The van der Waals surface area contributed by atoms with Crippen molar-refractivity contribution in [2.24, 2.45) is 0 Å². The summed E-state index contributed by atoms with van der Waals surface area (Å²) in [5.41, 5.74) is 0.411. The number of carboxylic acids is 1. The van der Waals surface area contributed by atoms with E-state index in [4.69, 9.17) is 32.7 Å². The summed E-state index contributed by atoms with van der Waals surface area (Å²) in [6.07, 6.45) is -8.77. The molecule has 73 heavy (non-hydrogen) atoms. The van der Waals surface area contributed by atoms with E-state index < -0.39 is 105 Å². The minimum absolute atomic E-state index is 0.0346. The Morgan fingerprint density at radius 1 is 0.904 bits per heavy atom. The number of anilines is 1. The highest BCUT2D eigenvalue weighted by Gasteiger charge is 2.51. The molecule has 0 saturated carbocycles. The molecule has 1 aromatic heterocycles. The first-order valence-corrected chi connectivity index (χ1v) is 27.2. The lowest BCUT2D eigenvalue weighted by Gasteiger charge is -2.24. The Morgan fingerprint density at radius 2 is 1.63 bits per heavy atom. The number of rotatable bonds is 23. The first-order chi connectivity index (χ1) is 34.0. The molecule has 1 saturated heterocycles. The van der Waals surface area contributed by atoms with Gasteiger partial charge in [-0.25, -0.2) is 27.6 Å². The van der Waals surface area contributed by atoms with Gasteiger partial charge < -0.3 is 68.7 Å². The third kappa shape index (κ3) is 15.0. The van der Waals surface area contributed by atoms with Crippen LogP contribution in [-0.2, 0) is 49.9 Å². The molecule has 1 fully saturated rings. The van der Waals surface area contributed by atoms with Crippen molar-refractivity contribution in [3.8, 4) is 22.5 Å². The van der Waals surface area contributed by atoms with Gasteiger partial charge in [-0.1, -0.05) is 6.07 Å². The van der Waals surface area contributed by atoms with E-state index in [1.165, 1.54) is 18.2 Å². The molecule has 2 aliphatic heterocycles. The summed E-state index contributed by atoms with van der Waals surface area (Å²) in [6.45, 7) is -2.77. The molecule has 0 spiro atoms. The van der Waals surface area contributed by atoms with E-state index in [1.54, 1.807) is 12.1 Å². The summed E-state index contributed by atoms with van der Waals surface area (Å²) < 4.78 is 89.2. The van der Waals surface area contributed by atoms with Crippen LogP contribution in [-0.4, -0.2) is 142 Å². The van der Waals surface area contributed by atoms with Gasteiger partial charge in [0.25, 0.3) is 11.5 Å². The van der Waals surface area contributed by atoms with Crippen LogP contribution in [0.3, 0.4) is 0 Å². The van der Waals surface area contributed by atoms with Crippen molar-refractivity contribution in [3.05, 3.63) is 104 Å². The second-order valence-corrected chi connectivity index (χ2v) is 22.1. The van der Waals surface area contributed by atoms with Crippen LogP contribution in [0.2, 0.25) is 0 Å². The smallest absolute Gasteiger partial charge is 0.490 e. The zero-order valence-electron chi connectivity index (χ0n) is 38.7. The third-order valence-electron chi connectivity index (χ3n) is 10.5. The highest BCUT2D eigenvalue weighted by atomic mass is 31.3. The van der Waals surface area contributed by atoms with Crippen molar-refractivity contribution in [1.29, 1.82) is 0 Å². The van der Waals surface area contributed by atoms with Gasteiger partial charge in [0, 0.05) is 85.0 Å². The zero-order valence-corrected chi connectivity index (χ0v) is 42.3. The van der Waals surface area contributed by atoms with Gasteiger partial charge in [0.2, 0.25) is 5.36 Å². The number of hydrogen-bond donors (Lipinski definition) is 9. The number of aromatic carboxylic acids is 1. The number of aromatic amines is 1. The summed E-state index contributed by atoms with van der Waals surface area (Å²) in [7, 11) is -15.4. The number of H-pyrrole nitrogens is 1. The van der Waals surface area contributed by atoms with E-state index in [0.29, 0.717) is 32.4 Å². The van der Waals surface area contributed by atoms with Crippen LogP contribution in [0.5, 0.6) is 0 Å². The van der Waals surface area contributed by atoms with Gasteiger partial charge in [0.1, 0.15) is 49.9 Å². The number of carboxylic acid groups (broad SMARTS) is 1. The van der Waals surface area contributed by atoms with E-state index in [-0.39, 0.29) is 36.3 Å².